The first-order chi connectivity index (χ1) is 16.8. The van der Waals surface area contributed by atoms with Crippen molar-refractivity contribution in [2.24, 2.45) is 0 Å². The number of hydrogen-bond donors (Lipinski definition) is 1. The lowest BCUT2D eigenvalue weighted by Crippen LogP contribution is -1.85. The molecule has 0 spiro atoms. The summed E-state index contributed by atoms with van der Waals surface area (Å²) in [4.78, 5) is 2.74. The molecule has 0 fully saturated rings. The van der Waals surface area contributed by atoms with Crippen LogP contribution in [0.2, 0.25) is 0 Å². The van der Waals surface area contributed by atoms with E-state index in [4.69, 9.17) is 20.6 Å². The van der Waals surface area contributed by atoms with Crippen molar-refractivity contribution in [3.05, 3.63) is 103 Å². The summed E-state index contributed by atoms with van der Waals surface area (Å²) in [6.07, 6.45) is 0. The Morgan fingerprint density at radius 2 is 1.12 bits per heavy atom. The maximum atomic E-state index is 6.24. The van der Waals surface area contributed by atoms with Crippen LogP contribution in [0.15, 0.2) is 112 Å². The topological polar surface area (TPSA) is 38.3 Å². The maximum Gasteiger partial charge on any atom is 0.160 e. The monoisotopic (exact) mass is 459 g/mol. The minimum Gasteiger partial charge on any atom is -0.455 e. The molecule has 0 saturated heterocycles. The summed E-state index contributed by atoms with van der Waals surface area (Å²) < 4.78 is 12.4. The van der Waals surface area contributed by atoms with E-state index in [1.807, 2.05) is 42.5 Å². The van der Waals surface area contributed by atoms with Crippen molar-refractivity contribution in [1.82, 2.24) is 0 Å². The molecule has 7 rings (SSSR count). The van der Waals surface area contributed by atoms with E-state index >= 15 is 0 Å². The highest BCUT2D eigenvalue weighted by Gasteiger charge is 2.16. The lowest BCUT2D eigenvalue weighted by molar-refractivity contribution is 0.670. The standard InChI is InChI=1S/C30H18ClNO2/c31-32-25-17-16-20(28-24-7-2-4-11-27(24)34-30(25)28)18-12-14-19(15-13-18)21-8-5-9-23-22-6-1-3-10-26(22)33-29(21)23/h1-17,32H. The Hall–Kier alpha value is -4.21. The molecule has 162 valence electrons. The van der Waals surface area contributed by atoms with E-state index in [0.29, 0.717) is 0 Å². The number of hydrogen-bond acceptors (Lipinski definition) is 3. The number of anilines is 1. The van der Waals surface area contributed by atoms with Crippen molar-refractivity contribution in [1.29, 1.82) is 0 Å². The highest BCUT2D eigenvalue weighted by molar-refractivity contribution is 6.27. The number of para-hydroxylation sites is 3. The molecule has 0 aliphatic carbocycles. The van der Waals surface area contributed by atoms with Gasteiger partial charge in [-0.05, 0) is 34.9 Å². The molecule has 3 nitrogen and oxygen atoms in total. The lowest BCUT2D eigenvalue weighted by Gasteiger charge is -2.09. The highest BCUT2D eigenvalue weighted by atomic mass is 35.5. The van der Waals surface area contributed by atoms with Crippen LogP contribution < -0.4 is 4.84 Å². The third-order valence-corrected chi connectivity index (χ3v) is 6.74. The Kier molecular flexibility index (Phi) is 4.20. The first-order valence-electron chi connectivity index (χ1n) is 11.1. The molecule has 0 atom stereocenters. The van der Waals surface area contributed by atoms with Gasteiger partial charge in [0.2, 0.25) is 0 Å². The smallest absolute Gasteiger partial charge is 0.160 e. The van der Waals surface area contributed by atoms with Gasteiger partial charge < -0.3 is 8.83 Å². The predicted molar refractivity (Wildman–Crippen MR) is 141 cm³/mol. The Morgan fingerprint density at radius 1 is 0.500 bits per heavy atom. The van der Waals surface area contributed by atoms with Crippen LogP contribution in [0.5, 0.6) is 0 Å². The van der Waals surface area contributed by atoms with Gasteiger partial charge in [0.25, 0.3) is 0 Å². The van der Waals surface area contributed by atoms with E-state index in [0.717, 1.165) is 71.8 Å². The molecule has 34 heavy (non-hydrogen) atoms. The number of fused-ring (bicyclic) bond motifs is 6. The van der Waals surface area contributed by atoms with Crippen LogP contribution in [0.4, 0.5) is 5.69 Å². The molecule has 0 radical (unpaired) electrons. The SMILES string of the molecule is ClNc1ccc(-c2ccc(-c3cccc4c3oc3ccccc34)cc2)c2c1oc1ccccc12. The van der Waals surface area contributed by atoms with Crippen molar-refractivity contribution >= 4 is 61.3 Å². The fourth-order valence-corrected chi connectivity index (χ4v) is 5.10. The molecular formula is C30H18ClNO2. The summed E-state index contributed by atoms with van der Waals surface area (Å²) in [6.45, 7) is 0. The van der Waals surface area contributed by atoms with Crippen molar-refractivity contribution in [2.75, 3.05) is 4.84 Å². The Bertz CT molecular complexity index is 1840. The van der Waals surface area contributed by atoms with Crippen molar-refractivity contribution < 1.29 is 8.83 Å². The van der Waals surface area contributed by atoms with E-state index in [9.17, 15) is 0 Å². The van der Waals surface area contributed by atoms with Gasteiger partial charge in [-0.25, -0.2) is 0 Å². The van der Waals surface area contributed by atoms with Gasteiger partial charge in [-0.3, -0.25) is 4.84 Å². The minimum absolute atomic E-state index is 0.754. The van der Waals surface area contributed by atoms with Crippen LogP contribution in [0.3, 0.4) is 0 Å². The average molecular weight is 460 g/mol. The Balaban J connectivity index is 1.40. The van der Waals surface area contributed by atoms with Crippen LogP contribution >= 0.6 is 11.8 Å². The second-order valence-electron chi connectivity index (χ2n) is 8.42. The van der Waals surface area contributed by atoms with Crippen molar-refractivity contribution in [3.63, 3.8) is 0 Å². The summed E-state index contributed by atoms with van der Waals surface area (Å²) >= 11 is 5.98. The number of benzene rings is 5. The van der Waals surface area contributed by atoms with E-state index in [1.165, 1.54) is 0 Å². The van der Waals surface area contributed by atoms with E-state index in [1.54, 1.807) is 0 Å². The van der Waals surface area contributed by atoms with Gasteiger partial charge in [-0.15, -0.1) is 0 Å². The van der Waals surface area contributed by atoms with E-state index < -0.39 is 0 Å². The molecule has 7 aromatic rings. The van der Waals surface area contributed by atoms with Gasteiger partial charge in [-0.1, -0.05) is 84.9 Å². The van der Waals surface area contributed by atoms with Gasteiger partial charge in [0.15, 0.2) is 5.58 Å². The number of furan rings is 2. The summed E-state index contributed by atoms with van der Waals surface area (Å²) in [5, 5.41) is 4.39. The van der Waals surface area contributed by atoms with Crippen LogP contribution in [-0.4, -0.2) is 0 Å². The average Bonchev–Trinajstić information content (AvgIpc) is 3.47. The quantitative estimate of drug-likeness (QED) is 0.267. The summed E-state index contributed by atoms with van der Waals surface area (Å²) in [5.74, 6) is 0. The largest absolute Gasteiger partial charge is 0.455 e. The Morgan fingerprint density at radius 3 is 1.88 bits per heavy atom. The van der Waals surface area contributed by atoms with Crippen LogP contribution in [-0.2, 0) is 0 Å². The van der Waals surface area contributed by atoms with Gasteiger partial charge >= 0.3 is 0 Å². The zero-order valence-corrected chi connectivity index (χ0v) is 18.8. The second-order valence-corrected chi connectivity index (χ2v) is 8.60. The molecular weight excluding hydrogens is 442 g/mol. The molecule has 5 aromatic carbocycles. The van der Waals surface area contributed by atoms with Gasteiger partial charge in [0, 0.05) is 38.9 Å². The molecule has 0 saturated carbocycles. The molecule has 0 aliphatic rings. The van der Waals surface area contributed by atoms with Gasteiger partial charge in [-0.2, -0.15) is 0 Å². The number of nitrogens with one attached hydrogen (secondary N) is 1. The molecule has 2 aromatic heterocycles. The molecule has 1 N–H and O–H groups in total. The zero-order valence-electron chi connectivity index (χ0n) is 18.0. The number of rotatable bonds is 3. The zero-order chi connectivity index (χ0) is 22.6. The maximum absolute atomic E-state index is 6.24. The molecule has 0 amide bonds. The first kappa shape index (κ1) is 19.3. The molecule has 2 heterocycles. The van der Waals surface area contributed by atoms with Crippen LogP contribution in [0.25, 0.3) is 66.1 Å². The number of halogens is 1. The fourth-order valence-electron chi connectivity index (χ4n) is 4.95. The molecule has 0 bridgehead atoms. The fraction of sp³-hybridized carbons (Fsp3) is 0. The van der Waals surface area contributed by atoms with E-state index in [2.05, 4.69) is 65.5 Å². The summed E-state index contributed by atoms with van der Waals surface area (Å²) in [7, 11) is 0. The molecule has 0 aliphatic heterocycles. The summed E-state index contributed by atoms with van der Waals surface area (Å²) in [6, 6.07) is 35.2. The highest BCUT2D eigenvalue weighted by Crippen LogP contribution is 2.41. The minimum atomic E-state index is 0.754. The molecule has 0 unspecified atom stereocenters. The van der Waals surface area contributed by atoms with Crippen LogP contribution in [0.1, 0.15) is 0 Å². The van der Waals surface area contributed by atoms with Crippen molar-refractivity contribution in [3.8, 4) is 22.3 Å². The van der Waals surface area contributed by atoms with Gasteiger partial charge in [0.1, 0.15) is 16.7 Å². The predicted octanol–water partition coefficient (Wildman–Crippen LogP) is 9.39. The normalized spacial score (nSPS) is 11.7. The third-order valence-electron chi connectivity index (χ3n) is 6.54. The van der Waals surface area contributed by atoms with Crippen molar-refractivity contribution in [2.45, 2.75) is 0 Å². The van der Waals surface area contributed by atoms with Gasteiger partial charge in [0.05, 0.1) is 5.69 Å². The lowest BCUT2D eigenvalue weighted by atomic mass is 9.96. The second kappa shape index (κ2) is 7.41. The van der Waals surface area contributed by atoms with Crippen LogP contribution in [0, 0.1) is 0 Å². The molecule has 4 heteroatoms. The van der Waals surface area contributed by atoms with E-state index in [-0.39, 0.29) is 0 Å². The first-order valence-corrected chi connectivity index (χ1v) is 11.5. The Labute approximate surface area is 200 Å². The third kappa shape index (κ3) is 2.77. The summed E-state index contributed by atoms with van der Waals surface area (Å²) in [5.41, 5.74) is 8.57.